The van der Waals surface area contributed by atoms with E-state index < -0.39 is 6.09 Å². The van der Waals surface area contributed by atoms with Crippen LogP contribution in [-0.4, -0.2) is 19.8 Å². The topological polar surface area (TPSA) is 71.3 Å². The number of amides is 1. The fraction of sp³-hybridized carbons (Fsp3) is 0.200. The number of carbonyl (C=O) groups is 1. The van der Waals surface area contributed by atoms with Crippen molar-refractivity contribution in [2.45, 2.75) is 0 Å². The third kappa shape index (κ3) is 3.19. The van der Waals surface area contributed by atoms with Crippen LogP contribution in [-0.2, 0) is 4.74 Å². The van der Waals surface area contributed by atoms with Gasteiger partial charge in [-0.2, -0.15) is 5.26 Å². The molecule has 0 spiro atoms. The van der Waals surface area contributed by atoms with E-state index in [2.05, 4.69) is 10.1 Å². The summed E-state index contributed by atoms with van der Waals surface area (Å²) in [7, 11) is 1.27. The molecule has 15 heavy (non-hydrogen) atoms. The van der Waals surface area contributed by atoms with Crippen molar-refractivity contribution >= 4 is 11.8 Å². The number of para-hydroxylation sites is 2. The van der Waals surface area contributed by atoms with Gasteiger partial charge >= 0.3 is 6.09 Å². The lowest BCUT2D eigenvalue weighted by molar-refractivity contribution is 0.186. The Kier molecular flexibility index (Phi) is 3.98. The highest BCUT2D eigenvalue weighted by Crippen LogP contribution is 2.23. The van der Waals surface area contributed by atoms with Gasteiger partial charge in [-0.05, 0) is 12.1 Å². The molecule has 0 radical (unpaired) electrons. The van der Waals surface area contributed by atoms with Gasteiger partial charge in [0.05, 0.1) is 12.8 Å². The molecule has 0 unspecified atom stereocenters. The van der Waals surface area contributed by atoms with Crippen LogP contribution < -0.4 is 10.1 Å². The maximum Gasteiger partial charge on any atom is 0.411 e. The SMILES string of the molecule is COC(=O)Nc1ccccc1OCC#N. The van der Waals surface area contributed by atoms with Crippen molar-refractivity contribution in [2.24, 2.45) is 0 Å². The van der Waals surface area contributed by atoms with Gasteiger partial charge < -0.3 is 9.47 Å². The van der Waals surface area contributed by atoms with E-state index in [1.165, 1.54) is 7.11 Å². The standard InChI is InChI=1S/C10H10N2O3/c1-14-10(13)12-8-4-2-3-5-9(8)15-7-6-11/h2-5H,7H2,1H3,(H,12,13). The molecule has 1 rings (SSSR count). The molecule has 0 atom stereocenters. The summed E-state index contributed by atoms with van der Waals surface area (Å²) in [6, 6.07) is 8.64. The minimum absolute atomic E-state index is 0.0696. The molecule has 0 aliphatic heterocycles. The lowest BCUT2D eigenvalue weighted by Crippen LogP contribution is -2.12. The fourth-order valence-corrected chi connectivity index (χ4v) is 0.967. The van der Waals surface area contributed by atoms with Crippen molar-refractivity contribution < 1.29 is 14.3 Å². The first-order valence-electron chi connectivity index (χ1n) is 4.21. The van der Waals surface area contributed by atoms with E-state index in [4.69, 9.17) is 10.00 Å². The number of nitrogens with one attached hydrogen (secondary N) is 1. The van der Waals surface area contributed by atoms with E-state index in [-0.39, 0.29) is 6.61 Å². The number of ether oxygens (including phenoxy) is 2. The number of anilines is 1. The molecule has 0 aliphatic carbocycles. The van der Waals surface area contributed by atoms with Crippen molar-refractivity contribution in [3.8, 4) is 11.8 Å². The minimum atomic E-state index is -0.581. The lowest BCUT2D eigenvalue weighted by Gasteiger charge is -2.09. The molecular weight excluding hydrogens is 196 g/mol. The molecule has 0 saturated carbocycles. The van der Waals surface area contributed by atoms with E-state index in [0.717, 1.165) is 0 Å². The number of methoxy groups -OCH3 is 1. The van der Waals surface area contributed by atoms with Gasteiger partial charge in [0.25, 0.3) is 0 Å². The van der Waals surface area contributed by atoms with Crippen LogP contribution in [0.3, 0.4) is 0 Å². The number of hydrogen-bond acceptors (Lipinski definition) is 4. The van der Waals surface area contributed by atoms with Gasteiger partial charge in [0.15, 0.2) is 6.61 Å². The summed E-state index contributed by atoms with van der Waals surface area (Å²) in [5.74, 6) is 0.435. The van der Waals surface area contributed by atoms with Crippen molar-refractivity contribution in [2.75, 3.05) is 19.0 Å². The van der Waals surface area contributed by atoms with Crippen LogP contribution in [0.15, 0.2) is 24.3 Å². The van der Waals surface area contributed by atoms with Crippen LogP contribution >= 0.6 is 0 Å². The average molecular weight is 206 g/mol. The van der Waals surface area contributed by atoms with Crippen molar-refractivity contribution in [1.29, 1.82) is 5.26 Å². The van der Waals surface area contributed by atoms with Gasteiger partial charge in [0.1, 0.15) is 11.8 Å². The monoisotopic (exact) mass is 206 g/mol. The van der Waals surface area contributed by atoms with Crippen molar-refractivity contribution in [3.63, 3.8) is 0 Å². The molecule has 5 heteroatoms. The Hall–Kier alpha value is -2.22. The second-order valence-corrected chi connectivity index (χ2v) is 2.56. The maximum atomic E-state index is 11.0. The highest BCUT2D eigenvalue weighted by molar-refractivity contribution is 5.86. The van der Waals surface area contributed by atoms with Crippen LogP contribution in [0.1, 0.15) is 0 Å². The quantitative estimate of drug-likeness (QED) is 0.818. The maximum absolute atomic E-state index is 11.0. The molecule has 0 heterocycles. The van der Waals surface area contributed by atoms with Crippen molar-refractivity contribution in [1.82, 2.24) is 0 Å². The Morgan fingerprint density at radius 1 is 1.53 bits per heavy atom. The molecular formula is C10H10N2O3. The van der Waals surface area contributed by atoms with E-state index in [9.17, 15) is 4.79 Å². The minimum Gasteiger partial charge on any atom is -0.477 e. The van der Waals surface area contributed by atoms with Crippen molar-refractivity contribution in [3.05, 3.63) is 24.3 Å². The van der Waals surface area contributed by atoms with Crippen LogP contribution in [0.2, 0.25) is 0 Å². The number of rotatable bonds is 3. The zero-order valence-electron chi connectivity index (χ0n) is 8.19. The zero-order chi connectivity index (χ0) is 11.1. The van der Waals surface area contributed by atoms with E-state index in [1.807, 2.05) is 6.07 Å². The fourth-order valence-electron chi connectivity index (χ4n) is 0.967. The zero-order valence-corrected chi connectivity index (χ0v) is 8.19. The molecule has 5 nitrogen and oxygen atoms in total. The summed E-state index contributed by atoms with van der Waals surface area (Å²) in [6.45, 7) is -0.0696. The molecule has 1 aromatic rings. The summed E-state index contributed by atoms with van der Waals surface area (Å²) in [5, 5.41) is 10.8. The van der Waals surface area contributed by atoms with Gasteiger partial charge in [-0.25, -0.2) is 4.79 Å². The van der Waals surface area contributed by atoms with Crippen LogP contribution in [0, 0.1) is 11.3 Å². The first-order valence-corrected chi connectivity index (χ1v) is 4.21. The Morgan fingerprint density at radius 2 is 2.27 bits per heavy atom. The van der Waals surface area contributed by atoms with Gasteiger partial charge in [-0.15, -0.1) is 0 Å². The summed E-state index contributed by atoms with van der Waals surface area (Å²) in [5.41, 5.74) is 0.472. The van der Waals surface area contributed by atoms with E-state index in [1.54, 1.807) is 24.3 Å². The summed E-state index contributed by atoms with van der Waals surface area (Å²) in [4.78, 5) is 11.0. The molecule has 0 fully saturated rings. The highest BCUT2D eigenvalue weighted by atomic mass is 16.5. The highest BCUT2D eigenvalue weighted by Gasteiger charge is 2.06. The molecule has 0 aliphatic rings. The Balaban J connectivity index is 2.77. The van der Waals surface area contributed by atoms with E-state index in [0.29, 0.717) is 11.4 Å². The second kappa shape index (κ2) is 5.50. The van der Waals surface area contributed by atoms with Gasteiger partial charge in [-0.3, -0.25) is 5.32 Å². The van der Waals surface area contributed by atoms with Crippen LogP contribution in [0.25, 0.3) is 0 Å². The number of nitrogens with zero attached hydrogens (tertiary/aromatic N) is 1. The summed E-state index contributed by atoms with van der Waals surface area (Å²) >= 11 is 0. The molecule has 0 aromatic heterocycles. The van der Waals surface area contributed by atoms with Crippen LogP contribution in [0.4, 0.5) is 10.5 Å². The number of carbonyl (C=O) groups excluding carboxylic acids is 1. The van der Waals surface area contributed by atoms with E-state index >= 15 is 0 Å². The Bertz CT molecular complexity index is 384. The predicted molar refractivity (Wildman–Crippen MR) is 53.6 cm³/mol. The first kappa shape index (κ1) is 10.9. The normalized spacial score (nSPS) is 8.80. The largest absolute Gasteiger partial charge is 0.477 e. The first-order chi connectivity index (χ1) is 7.27. The summed E-state index contributed by atoms with van der Waals surface area (Å²) in [6.07, 6.45) is -0.581. The molecule has 1 N–H and O–H groups in total. The predicted octanol–water partition coefficient (Wildman–Crippen LogP) is 1.77. The third-order valence-corrected chi connectivity index (χ3v) is 1.60. The average Bonchev–Trinajstić information content (AvgIpc) is 2.28. The third-order valence-electron chi connectivity index (χ3n) is 1.60. The number of nitriles is 1. The smallest absolute Gasteiger partial charge is 0.411 e. The summed E-state index contributed by atoms with van der Waals surface area (Å²) < 4.78 is 9.54. The number of benzene rings is 1. The molecule has 78 valence electrons. The molecule has 1 aromatic carbocycles. The second-order valence-electron chi connectivity index (χ2n) is 2.56. The molecule has 1 amide bonds. The number of hydrogen-bond donors (Lipinski definition) is 1. The van der Waals surface area contributed by atoms with Gasteiger partial charge in [0.2, 0.25) is 0 Å². The Morgan fingerprint density at radius 3 is 2.93 bits per heavy atom. The molecule has 0 saturated heterocycles. The molecule has 0 bridgehead atoms. The van der Waals surface area contributed by atoms with Gasteiger partial charge in [0, 0.05) is 0 Å². The van der Waals surface area contributed by atoms with Gasteiger partial charge in [-0.1, -0.05) is 12.1 Å². The van der Waals surface area contributed by atoms with Crippen LogP contribution in [0.5, 0.6) is 5.75 Å². The Labute approximate surface area is 87.2 Å². The lowest BCUT2D eigenvalue weighted by atomic mass is 10.3.